The molecular formula is C11H17NO3S. The van der Waals surface area contributed by atoms with Gasteiger partial charge in [0.1, 0.15) is 0 Å². The summed E-state index contributed by atoms with van der Waals surface area (Å²) in [6.45, 7) is 5.41. The van der Waals surface area contributed by atoms with E-state index in [-0.39, 0.29) is 22.5 Å². The second-order valence-electron chi connectivity index (χ2n) is 4.43. The van der Waals surface area contributed by atoms with Crippen LogP contribution in [-0.4, -0.2) is 14.2 Å². The highest BCUT2D eigenvalue weighted by atomic mass is 32.2. The van der Waals surface area contributed by atoms with Crippen molar-refractivity contribution in [2.75, 3.05) is 0 Å². The number of carbonyl (C=O) groups excluding carboxylic acids is 1. The largest absolute Gasteiger partial charge is 0.294 e. The molecular weight excluding hydrogens is 226 g/mol. The van der Waals surface area contributed by atoms with E-state index in [1.54, 1.807) is 13.0 Å². The molecule has 1 unspecified atom stereocenters. The third kappa shape index (κ3) is 2.80. The molecule has 0 heterocycles. The fourth-order valence-electron chi connectivity index (χ4n) is 1.77. The van der Waals surface area contributed by atoms with E-state index >= 15 is 0 Å². The zero-order valence-electron chi connectivity index (χ0n) is 9.73. The van der Waals surface area contributed by atoms with Crippen molar-refractivity contribution in [3.8, 4) is 0 Å². The number of ketones is 1. The lowest BCUT2D eigenvalue weighted by Crippen LogP contribution is -2.23. The lowest BCUT2D eigenvalue weighted by atomic mass is 9.89. The quantitative estimate of drug-likeness (QED) is 0.812. The molecule has 2 N–H and O–H groups in total. The lowest BCUT2D eigenvalue weighted by molar-refractivity contribution is -0.118. The number of hydrogen-bond donors (Lipinski definition) is 1. The van der Waals surface area contributed by atoms with Crippen LogP contribution in [0.3, 0.4) is 0 Å². The van der Waals surface area contributed by atoms with E-state index in [0.29, 0.717) is 12.0 Å². The van der Waals surface area contributed by atoms with Gasteiger partial charge in [-0.05, 0) is 24.0 Å². The number of sulfonamides is 1. The first kappa shape index (κ1) is 13.1. The Kier molecular flexibility index (Phi) is 3.70. The lowest BCUT2D eigenvalue weighted by Gasteiger charge is -2.20. The van der Waals surface area contributed by atoms with E-state index in [9.17, 15) is 13.2 Å². The van der Waals surface area contributed by atoms with Gasteiger partial charge in [0.25, 0.3) is 0 Å². The van der Waals surface area contributed by atoms with Crippen LogP contribution in [0, 0.1) is 11.8 Å². The molecule has 4 nitrogen and oxygen atoms in total. The highest BCUT2D eigenvalue weighted by Crippen LogP contribution is 2.28. The van der Waals surface area contributed by atoms with E-state index in [1.807, 2.05) is 13.8 Å². The van der Waals surface area contributed by atoms with Crippen molar-refractivity contribution < 1.29 is 13.2 Å². The van der Waals surface area contributed by atoms with Crippen LogP contribution in [0.4, 0.5) is 0 Å². The van der Waals surface area contributed by atoms with Crippen molar-refractivity contribution in [3.63, 3.8) is 0 Å². The van der Waals surface area contributed by atoms with Gasteiger partial charge in [0, 0.05) is 5.92 Å². The fourth-order valence-corrected chi connectivity index (χ4v) is 2.68. The zero-order chi connectivity index (χ0) is 12.5. The van der Waals surface area contributed by atoms with Crippen molar-refractivity contribution in [2.45, 2.75) is 27.2 Å². The maximum Gasteiger partial charge on any atom is 0.234 e. The maximum absolute atomic E-state index is 11.7. The summed E-state index contributed by atoms with van der Waals surface area (Å²) >= 11 is 0. The standard InChI is InChI=1S/C11H17NO3S/c1-7(2)11(13)9-4-5-10(8(3)6-9)16(12,14)15/h4-5,7-8H,6H2,1-3H3,(H2,12,14,15). The smallest absolute Gasteiger partial charge is 0.234 e. The number of rotatable bonds is 3. The molecule has 90 valence electrons. The Morgan fingerprint density at radius 3 is 2.38 bits per heavy atom. The second kappa shape index (κ2) is 4.51. The van der Waals surface area contributed by atoms with Gasteiger partial charge in [-0.15, -0.1) is 0 Å². The third-order valence-electron chi connectivity index (χ3n) is 2.63. The number of primary sulfonamides is 1. The van der Waals surface area contributed by atoms with Crippen LogP contribution in [0.2, 0.25) is 0 Å². The average molecular weight is 243 g/mol. The minimum atomic E-state index is -3.64. The monoisotopic (exact) mass is 243 g/mol. The van der Waals surface area contributed by atoms with Gasteiger partial charge in [-0.3, -0.25) is 4.79 Å². The molecule has 1 aliphatic rings. The van der Waals surface area contributed by atoms with Crippen molar-refractivity contribution in [2.24, 2.45) is 17.0 Å². The number of allylic oxidation sites excluding steroid dienone is 4. The molecule has 0 radical (unpaired) electrons. The maximum atomic E-state index is 11.7. The Hall–Kier alpha value is -0.940. The predicted octanol–water partition coefficient (Wildman–Crippen LogP) is 1.35. The minimum Gasteiger partial charge on any atom is -0.294 e. The van der Waals surface area contributed by atoms with E-state index in [0.717, 1.165) is 0 Å². The van der Waals surface area contributed by atoms with Gasteiger partial charge < -0.3 is 0 Å². The topological polar surface area (TPSA) is 77.2 Å². The SMILES string of the molecule is CC(C)C(=O)C1=CC=C(S(N)(=O)=O)C(C)C1. The van der Waals surface area contributed by atoms with Gasteiger partial charge in [-0.25, -0.2) is 13.6 Å². The van der Waals surface area contributed by atoms with Gasteiger partial charge in [-0.2, -0.15) is 0 Å². The van der Waals surface area contributed by atoms with Crippen molar-refractivity contribution in [1.82, 2.24) is 0 Å². The van der Waals surface area contributed by atoms with Gasteiger partial charge in [0.2, 0.25) is 10.0 Å². The highest BCUT2D eigenvalue weighted by Gasteiger charge is 2.26. The second-order valence-corrected chi connectivity index (χ2v) is 5.99. The van der Waals surface area contributed by atoms with E-state index < -0.39 is 10.0 Å². The van der Waals surface area contributed by atoms with Crippen LogP contribution in [0.15, 0.2) is 22.6 Å². The first-order chi connectivity index (χ1) is 7.23. The van der Waals surface area contributed by atoms with Crippen LogP contribution in [0.5, 0.6) is 0 Å². The summed E-state index contributed by atoms with van der Waals surface area (Å²) in [7, 11) is -3.64. The van der Waals surface area contributed by atoms with E-state index in [2.05, 4.69) is 0 Å². The first-order valence-electron chi connectivity index (χ1n) is 5.21. The summed E-state index contributed by atoms with van der Waals surface area (Å²) in [4.78, 5) is 11.9. The Balaban J connectivity index is 3.04. The summed E-state index contributed by atoms with van der Waals surface area (Å²) in [5, 5.41) is 5.07. The van der Waals surface area contributed by atoms with E-state index in [1.165, 1.54) is 6.08 Å². The Morgan fingerprint density at radius 2 is 2.00 bits per heavy atom. The van der Waals surface area contributed by atoms with Crippen molar-refractivity contribution >= 4 is 15.8 Å². The molecule has 0 amide bonds. The molecule has 1 rings (SSSR count). The average Bonchev–Trinajstić information content (AvgIpc) is 2.14. The van der Waals surface area contributed by atoms with Crippen LogP contribution in [-0.2, 0) is 14.8 Å². The summed E-state index contributed by atoms with van der Waals surface area (Å²) in [5.41, 5.74) is 0.676. The third-order valence-corrected chi connectivity index (χ3v) is 3.83. The molecule has 0 aliphatic heterocycles. The van der Waals surface area contributed by atoms with Crippen LogP contribution in [0.1, 0.15) is 27.2 Å². The van der Waals surface area contributed by atoms with Crippen molar-refractivity contribution in [3.05, 3.63) is 22.6 Å². The molecule has 0 fully saturated rings. The number of Topliss-reactive ketones (excluding diaryl/α,β-unsaturated/α-hetero) is 1. The van der Waals surface area contributed by atoms with Gasteiger partial charge in [0.05, 0.1) is 4.91 Å². The van der Waals surface area contributed by atoms with Crippen LogP contribution in [0.25, 0.3) is 0 Å². The zero-order valence-corrected chi connectivity index (χ0v) is 10.5. The fraction of sp³-hybridized carbons (Fsp3) is 0.545. The molecule has 0 aromatic carbocycles. The Morgan fingerprint density at radius 1 is 1.44 bits per heavy atom. The van der Waals surface area contributed by atoms with Crippen LogP contribution < -0.4 is 5.14 Å². The van der Waals surface area contributed by atoms with Gasteiger partial charge in [0.15, 0.2) is 5.78 Å². The normalized spacial score (nSPS) is 21.7. The van der Waals surface area contributed by atoms with Gasteiger partial charge >= 0.3 is 0 Å². The number of nitrogens with two attached hydrogens (primary N) is 1. The molecule has 5 heteroatoms. The molecule has 16 heavy (non-hydrogen) atoms. The molecule has 0 spiro atoms. The van der Waals surface area contributed by atoms with Crippen LogP contribution >= 0.6 is 0 Å². The molecule has 0 aromatic heterocycles. The summed E-state index contributed by atoms with van der Waals surface area (Å²) in [6.07, 6.45) is 3.46. The highest BCUT2D eigenvalue weighted by molar-refractivity contribution is 7.93. The number of carbonyl (C=O) groups is 1. The summed E-state index contributed by atoms with van der Waals surface area (Å²) in [6, 6.07) is 0. The summed E-state index contributed by atoms with van der Waals surface area (Å²) in [5.74, 6) is -0.225. The Bertz CT molecular complexity index is 458. The predicted molar refractivity (Wildman–Crippen MR) is 62.9 cm³/mol. The Labute approximate surface area is 96.3 Å². The minimum absolute atomic E-state index is 0.0663. The molecule has 1 aliphatic carbocycles. The van der Waals surface area contributed by atoms with Crippen molar-refractivity contribution in [1.29, 1.82) is 0 Å². The van der Waals surface area contributed by atoms with E-state index in [4.69, 9.17) is 5.14 Å². The number of hydrogen-bond acceptors (Lipinski definition) is 3. The molecule has 0 bridgehead atoms. The molecule has 0 saturated heterocycles. The molecule has 0 saturated carbocycles. The first-order valence-corrected chi connectivity index (χ1v) is 6.76. The molecule has 0 aromatic rings. The molecule has 1 atom stereocenters. The van der Waals surface area contributed by atoms with Gasteiger partial charge in [-0.1, -0.05) is 26.8 Å². The summed E-state index contributed by atoms with van der Waals surface area (Å²) < 4.78 is 22.4.